The van der Waals surface area contributed by atoms with Crippen molar-refractivity contribution in [3.05, 3.63) is 53.1 Å². The first-order chi connectivity index (χ1) is 17.2. The highest BCUT2D eigenvalue weighted by Gasteiger charge is 2.66. The Balaban J connectivity index is 1.26. The van der Waals surface area contributed by atoms with E-state index in [1.165, 1.54) is 25.3 Å². The number of imide groups is 1. The van der Waals surface area contributed by atoms with E-state index in [4.69, 9.17) is 44.3 Å². The van der Waals surface area contributed by atoms with Crippen LogP contribution in [0, 0.1) is 23.7 Å². The van der Waals surface area contributed by atoms with Crippen molar-refractivity contribution in [2.45, 2.75) is 17.2 Å². The number of nitrogens with zero attached hydrogens (tertiary/aromatic N) is 1. The number of fused-ring (bicyclic) bond motifs is 5. The molecule has 1 aliphatic heterocycles. The highest BCUT2D eigenvalue weighted by Crippen LogP contribution is 2.59. The summed E-state index contributed by atoms with van der Waals surface area (Å²) in [6.07, 6.45) is 0.665. The lowest BCUT2D eigenvalue weighted by Gasteiger charge is -2.28. The van der Waals surface area contributed by atoms with E-state index in [1.54, 1.807) is 24.3 Å². The van der Waals surface area contributed by atoms with Crippen LogP contribution in [0.4, 0.5) is 11.4 Å². The van der Waals surface area contributed by atoms with E-state index in [-0.39, 0.29) is 45.7 Å². The third kappa shape index (κ3) is 4.11. The van der Waals surface area contributed by atoms with Crippen LogP contribution < -0.4 is 15.0 Å². The van der Waals surface area contributed by atoms with Crippen molar-refractivity contribution in [3.63, 3.8) is 0 Å². The van der Waals surface area contributed by atoms with E-state index in [0.29, 0.717) is 22.9 Å². The van der Waals surface area contributed by atoms with Gasteiger partial charge in [-0.15, -0.1) is 23.2 Å². The first-order valence-electron chi connectivity index (χ1n) is 11.3. The van der Waals surface area contributed by atoms with Crippen molar-refractivity contribution in [1.29, 1.82) is 0 Å². The minimum Gasteiger partial charge on any atom is -0.495 e. The number of benzene rings is 2. The summed E-state index contributed by atoms with van der Waals surface area (Å²) in [6, 6.07) is 10.7. The quantitative estimate of drug-likeness (QED) is 0.329. The van der Waals surface area contributed by atoms with E-state index >= 15 is 0 Å². The van der Waals surface area contributed by atoms with Crippen molar-refractivity contribution in [2.75, 3.05) is 23.9 Å². The molecule has 1 N–H and O–H groups in total. The molecule has 3 aliphatic rings. The molecule has 3 fully saturated rings. The monoisotopic (exact) mass is 550 g/mol. The van der Waals surface area contributed by atoms with Gasteiger partial charge in [0.2, 0.25) is 11.8 Å². The first kappa shape index (κ1) is 24.9. The van der Waals surface area contributed by atoms with E-state index in [1.807, 2.05) is 0 Å². The zero-order valence-corrected chi connectivity index (χ0v) is 21.2. The molecule has 2 aromatic carbocycles. The minimum absolute atomic E-state index is 0.0895. The second kappa shape index (κ2) is 9.57. The molecule has 3 amide bonds. The van der Waals surface area contributed by atoms with Crippen LogP contribution in [0.15, 0.2) is 42.5 Å². The molecule has 8 nitrogen and oxygen atoms in total. The van der Waals surface area contributed by atoms with Gasteiger partial charge in [-0.1, -0.05) is 17.7 Å². The summed E-state index contributed by atoms with van der Waals surface area (Å²) in [7, 11) is 1.45. The Labute approximate surface area is 221 Å². The number of alkyl halides is 2. The molecular formula is C25H21Cl3N2O6. The van der Waals surface area contributed by atoms with Crippen molar-refractivity contribution in [2.24, 2.45) is 23.7 Å². The summed E-state index contributed by atoms with van der Waals surface area (Å²) in [6.45, 7) is -0.567. The molecule has 2 bridgehead atoms. The molecule has 0 unspecified atom stereocenters. The van der Waals surface area contributed by atoms with Crippen LogP contribution >= 0.6 is 34.8 Å². The number of hydrogen-bond acceptors (Lipinski definition) is 6. The van der Waals surface area contributed by atoms with Crippen LogP contribution in [0.3, 0.4) is 0 Å². The molecule has 1 heterocycles. The molecular weight excluding hydrogens is 531 g/mol. The predicted octanol–water partition coefficient (Wildman–Crippen LogP) is 4.11. The number of carbonyl (C=O) groups excluding carboxylic acids is 4. The van der Waals surface area contributed by atoms with Gasteiger partial charge >= 0.3 is 5.97 Å². The number of nitrogens with one attached hydrogen (secondary N) is 1. The maximum atomic E-state index is 13.2. The Kier molecular flexibility index (Phi) is 6.61. The summed E-state index contributed by atoms with van der Waals surface area (Å²) in [5.41, 5.74) is 0.683. The van der Waals surface area contributed by atoms with Crippen molar-refractivity contribution in [3.8, 4) is 5.75 Å². The number of carbonyl (C=O) groups is 4. The van der Waals surface area contributed by atoms with Gasteiger partial charge in [0, 0.05) is 5.02 Å². The second-order valence-electron chi connectivity index (χ2n) is 9.03. The summed E-state index contributed by atoms with van der Waals surface area (Å²) < 4.78 is 10.3. The lowest BCUT2D eigenvalue weighted by Crippen LogP contribution is -2.37. The predicted molar refractivity (Wildman–Crippen MR) is 134 cm³/mol. The number of ether oxygens (including phenoxy) is 2. The molecule has 5 rings (SSSR count). The Hall–Kier alpha value is -2.81. The zero-order valence-electron chi connectivity index (χ0n) is 19.0. The van der Waals surface area contributed by atoms with Gasteiger partial charge in [-0.2, -0.15) is 0 Å². The Morgan fingerprint density at radius 2 is 1.69 bits per heavy atom. The lowest BCUT2D eigenvalue weighted by molar-refractivity contribution is -0.123. The highest BCUT2D eigenvalue weighted by atomic mass is 35.5. The number of halogens is 3. The van der Waals surface area contributed by atoms with Crippen LogP contribution in [0.25, 0.3) is 0 Å². The number of esters is 1. The molecule has 2 aromatic rings. The molecule has 36 heavy (non-hydrogen) atoms. The molecule has 2 saturated carbocycles. The van der Waals surface area contributed by atoms with Gasteiger partial charge in [-0.25, -0.2) is 4.79 Å². The van der Waals surface area contributed by atoms with E-state index < -0.39 is 30.3 Å². The van der Waals surface area contributed by atoms with Crippen molar-refractivity contribution < 1.29 is 28.7 Å². The van der Waals surface area contributed by atoms with Crippen LogP contribution in [0.2, 0.25) is 5.02 Å². The molecule has 6 atom stereocenters. The van der Waals surface area contributed by atoms with E-state index in [0.717, 1.165) is 4.90 Å². The van der Waals surface area contributed by atoms with Crippen LogP contribution in [0.5, 0.6) is 5.75 Å². The molecule has 0 spiro atoms. The zero-order chi connectivity index (χ0) is 25.7. The van der Waals surface area contributed by atoms with Gasteiger partial charge in [0.25, 0.3) is 5.91 Å². The Morgan fingerprint density at radius 3 is 2.33 bits per heavy atom. The van der Waals surface area contributed by atoms with Gasteiger partial charge in [-0.3, -0.25) is 19.3 Å². The van der Waals surface area contributed by atoms with Gasteiger partial charge in [-0.05, 0) is 54.7 Å². The second-order valence-corrected chi connectivity index (χ2v) is 10.5. The number of hydrogen-bond donors (Lipinski definition) is 1. The summed E-state index contributed by atoms with van der Waals surface area (Å²) in [5, 5.41) is 2.26. The lowest BCUT2D eigenvalue weighted by atomic mass is 9.80. The maximum Gasteiger partial charge on any atom is 0.338 e. The highest BCUT2D eigenvalue weighted by molar-refractivity contribution is 6.32. The summed E-state index contributed by atoms with van der Waals surface area (Å²) in [5.74, 6) is -2.92. The van der Waals surface area contributed by atoms with Crippen molar-refractivity contribution >= 4 is 69.9 Å². The summed E-state index contributed by atoms with van der Waals surface area (Å²) in [4.78, 5) is 52.5. The fourth-order valence-corrected chi connectivity index (χ4v) is 6.62. The summed E-state index contributed by atoms with van der Waals surface area (Å²) >= 11 is 18.8. The van der Waals surface area contributed by atoms with Gasteiger partial charge in [0.15, 0.2) is 6.61 Å². The molecule has 11 heteroatoms. The maximum absolute atomic E-state index is 13.2. The molecule has 0 radical (unpaired) electrons. The normalized spacial score (nSPS) is 28.3. The Bertz CT molecular complexity index is 1240. The number of amides is 3. The fourth-order valence-electron chi connectivity index (χ4n) is 5.55. The fraction of sp³-hybridized carbons (Fsp3) is 0.360. The third-order valence-corrected chi connectivity index (χ3v) is 8.65. The average molecular weight is 552 g/mol. The SMILES string of the molecule is COc1ccc(Cl)cc1NC(=O)COC(=O)c1cccc(N2C(=O)[C@@H]3[C@H]4C[C@@H]([C@H](Cl)[C@@H]4Cl)[C@@H]3C2=O)c1. The molecule has 0 aromatic heterocycles. The van der Waals surface area contributed by atoms with Gasteiger partial charge < -0.3 is 14.8 Å². The Morgan fingerprint density at radius 1 is 1.03 bits per heavy atom. The standard InChI is InChI=1S/C25H21Cl3N2O6/c1-35-17-6-5-12(26)8-16(17)29-18(31)10-36-25(34)11-3-2-4-13(7-11)30-23(32)19-14-9-15(20(19)24(30)33)22(28)21(14)27/h2-8,14-15,19-22H,9-10H2,1H3,(H,29,31)/t14-,15-,19-,20+,21-,22+/m1/s1. The van der Waals surface area contributed by atoms with E-state index in [2.05, 4.69) is 5.32 Å². The minimum atomic E-state index is -0.786. The number of anilines is 2. The van der Waals surface area contributed by atoms with Crippen LogP contribution in [-0.2, 0) is 19.1 Å². The molecule has 188 valence electrons. The van der Waals surface area contributed by atoms with Gasteiger partial charge in [0.05, 0.1) is 46.6 Å². The largest absolute Gasteiger partial charge is 0.495 e. The average Bonchev–Trinajstić information content (AvgIpc) is 3.47. The first-order valence-corrected chi connectivity index (χ1v) is 12.5. The number of methoxy groups -OCH3 is 1. The van der Waals surface area contributed by atoms with Gasteiger partial charge in [0.1, 0.15) is 5.75 Å². The third-order valence-electron chi connectivity index (χ3n) is 7.10. The van der Waals surface area contributed by atoms with Crippen molar-refractivity contribution in [1.82, 2.24) is 0 Å². The van der Waals surface area contributed by atoms with Crippen LogP contribution in [0.1, 0.15) is 16.8 Å². The van der Waals surface area contributed by atoms with E-state index in [9.17, 15) is 19.2 Å². The van der Waals surface area contributed by atoms with Crippen LogP contribution in [-0.4, -0.2) is 48.2 Å². The smallest absolute Gasteiger partial charge is 0.338 e. The molecule has 1 saturated heterocycles. The number of rotatable bonds is 6. The molecule has 2 aliphatic carbocycles. The topological polar surface area (TPSA) is 102 Å².